The molecule has 0 aliphatic rings. The predicted octanol–water partition coefficient (Wildman–Crippen LogP) is 3.91. The van der Waals surface area contributed by atoms with E-state index in [0.717, 1.165) is 9.87 Å². The topological polar surface area (TPSA) is 93.5 Å². The fourth-order valence-electron chi connectivity index (χ4n) is 3.15. The largest absolute Gasteiger partial charge is 0.495 e. The molecule has 2 aromatic carbocycles. The average Bonchev–Trinajstić information content (AvgIpc) is 3.30. The molecule has 0 spiro atoms. The summed E-state index contributed by atoms with van der Waals surface area (Å²) in [6.45, 7) is 2.38. The van der Waals surface area contributed by atoms with Crippen LogP contribution in [0, 0.1) is 6.92 Å². The molecule has 0 bridgehead atoms. The number of hydrogen-bond donors (Lipinski definition) is 1. The summed E-state index contributed by atoms with van der Waals surface area (Å²) < 4.78 is 35.5. The van der Waals surface area contributed by atoms with Crippen LogP contribution in [0.25, 0.3) is 0 Å². The van der Waals surface area contributed by atoms with Crippen LogP contribution in [0.5, 0.6) is 5.75 Å². The zero-order chi connectivity index (χ0) is 24.0. The first-order chi connectivity index (χ1) is 15.7. The smallest absolute Gasteiger partial charge is 0.268 e. The highest BCUT2D eigenvalue weighted by Gasteiger charge is 2.30. The molecule has 0 aliphatic heterocycles. The number of aryl methyl sites for hydroxylation is 2. The van der Waals surface area contributed by atoms with Crippen molar-refractivity contribution in [3.8, 4) is 5.75 Å². The number of carbonyl (C=O) groups excluding carboxylic acids is 1. The Bertz CT molecular complexity index is 1220. The van der Waals surface area contributed by atoms with Gasteiger partial charge in [0.1, 0.15) is 17.2 Å². The lowest BCUT2D eigenvalue weighted by Crippen LogP contribution is -2.41. The molecule has 0 unspecified atom stereocenters. The summed E-state index contributed by atoms with van der Waals surface area (Å²) in [5.74, 6) is -0.284. The number of rotatable bonds is 10. The highest BCUT2D eigenvalue weighted by atomic mass is 35.5. The van der Waals surface area contributed by atoms with Gasteiger partial charge in [-0.15, -0.1) is 0 Å². The maximum Gasteiger partial charge on any atom is 0.268 e. The summed E-state index contributed by atoms with van der Waals surface area (Å²) in [6, 6.07) is 9.22. The van der Waals surface area contributed by atoms with Gasteiger partial charge in [0.2, 0.25) is 5.91 Å². The zero-order valence-electron chi connectivity index (χ0n) is 18.2. The van der Waals surface area contributed by atoms with E-state index in [1.807, 2.05) is 10.8 Å². The normalized spacial score (nSPS) is 11.3. The molecular weight excluding hydrogens is 487 g/mol. The van der Waals surface area contributed by atoms with Gasteiger partial charge >= 0.3 is 0 Å². The molecular formula is C22H24Cl2N4O4S. The van der Waals surface area contributed by atoms with Crippen molar-refractivity contribution < 1.29 is 17.9 Å². The molecule has 0 radical (unpaired) electrons. The highest BCUT2D eigenvalue weighted by molar-refractivity contribution is 7.93. The minimum Gasteiger partial charge on any atom is -0.495 e. The Morgan fingerprint density at radius 2 is 1.97 bits per heavy atom. The molecule has 1 N–H and O–H groups in total. The number of carbonyl (C=O) groups is 1. The first kappa shape index (κ1) is 24.9. The van der Waals surface area contributed by atoms with E-state index in [9.17, 15) is 13.2 Å². The summed E-state index contributed by atoms with van der Waals surface area (Å²) in [5.41, 5.74) is 0.939. The van der Waals surface area contributed by atoms with Crippen LogP contribution in [0.3, 0.4) is 0 Å². The Labute approximate surface area is 203 Å². The van der Waals surface area contributed by atoms with E-state index in [1.165, 1.54) is 31.4 Å². The van der Waals surface area contributed by atoms with Crippen molar-refractivity contribution in [3.05, 3.63) is 70.7 Å². The van der Waals surface area contributed by atoms with Gasteiger partial charge < -0.3 is 14.6 Å². The number of nitrogens with zero attached hydrogens (tertiary/aromatic N) is 3. The van der Waals surface area contributed by atoms with Crippen LogP contribution >= 0.6 is 23.2 Å². The number of amides is 1. The van der Waals surface area contributed by atoms with Gasteiger partial charge in [0, 0.05) is 25.5 Å². The fourth-order valence-corrected chi connectivity index (χ4v) is 5.10. The number of sulfonamides is 1. The third kappa shape index (κ3) is 6.19. The summed E-state index contributed by atoms with van der Waals surface area (Å²) in [4.78, 5) is 16.6. The van der Waals surface area contributed by atoms with Gasteiger partial charge in [-0.1, -0.05) is 29.3 Å². The maximum absolute atomic E-state index is 13.7. The average molecular weight is 511 g/mol. The third-order valence-electron chi connectivity index (χ3n) is 4.84. The lowest BCUT2D eigenvalue weighted by Gasteiger charge is -2.25. The molecule has 1 amide bonds. The predicted molar refractivity (Wildman–Crippen MR) is 129 cm³/mol. The molecule has 0 fully saturated rings. The molecule has 0 aliphatic carbocycles. The third-order valence-corrected chi connectivity index (χ3v) is 7.37. The van der Waals surface area contributed by atoms with Gasteiger partial charge in [0.05, 0.1) is 29.2 Å². The van der Waals surface area contributed by atoms with Crippen LogP contribution in [-0.2, 0) is 21.4 Å². The second-order valence-electron chi connectivity index (χ2n) is 7.27. The minimum atomic E-state index is -4.18. The first-order valence-electron chi connectivity index (χ1n) is 10.1. The minimum absolute atomic E-state index is 0.0519. The van der Waals surface area contributed by atoms with Gasteiger partial charge in [-0.2, -0.15) is 0 Å². The number of ether oxygens (including phenoxy) is 1. The van der Waals surface area contributed by atoms with Crippen molar-refractivity contribution >= 4 is 44.8 Å². The highest BCUT2D eigenvalue weighted by Crippen LogP contribution is 2.33. The van der Waals surface area contributed by atoms with Crippen LogP contribution < -0.4 is 14.4 Å². The molecule has 1 aromatic heterocycles. The van der Waals surface area contributed by atoms with E-state index in [0.29, 0.717) is 19.5 Å². The van der Waals surface area contributed by atoms with Gasteiger partial charge in [0.25, 0.3) is 10.0 Å². The molecule has 0 atom stereocenters. The monoisotopic (exact) mass is 510 g/mol. The number of aromatic nitrogens is 2. The molecule has 0 saturated carbocycles. The summed E-state index contributed by atoms with van der Waals surface area (Å²) in [7, 11) is -2.79. The van der Waals surface area contributed by atoms with Gasteiger partial charge in [-0.05, 0) is 49.2 Å². The first-order valence-corrected chi connectivity index (χ1v) is 12.3. The van der Waals surface area contributed by atoms with E-state index in [1.54, 1.807) is 31.6 Å². The Balaban J connectivity index is 1.85. The number of benzene rings is 2. The van der Waals surface area contributed by atoms with Crippen LogP contribution in [0.2, 0.25) is 10.0 Å². The molecule has 11 heteroatoms. The van der Waals surface area contributed by atoms with Crippen molar-refractivity contribution in [3.63, 3.8) is 0 Å². The SMILES string of the molecule is COc1ccc(C)cc1S(=O)(=O)N(CC(=O)NCCCn1ccnc1)c1ccc(Cl)c(Cl)c1. The van der Waals surface area contributed by atoms with E-state index >= 15 is 0 Å². The Morgan fingerprint density at radius 3 is 2.64 bits per heavy atom. The van der Waals surface area contributed by atoms with Crippen molar-refractivity contribution in [1.82, 2.24) is 14.9 Å². The van der Waals surface area contributed by atoms with Crippen LogP contribution in [0.4, 0.5) is 5.69 Å². The number of methoxy groups -OCH3 is 1. The number of nitrogens with one attached hydrogen (secondary N) is 1. The molecule has 0 saturated heterocycles. The Morgan fingerprint density at radius 1 is 1.18 bits per heavy atom. The zero-order valence-corrected chi connectivity index (χ0v) is 20.5. The van der Waals surface area contributed by atoms with Gasteiger partial charge in [0.15, 0.2) is 0 Å². The van der Waals surface area contributed by atoms with Gasteiger partial charge in [-0.3, -0.25) is 9.10 Å². The molecule has 8 nitrogen and oxygen atoms in total. The van der Waals surface area contributed by atoms with Crippen LogP contribution in [-0.4, -0.2) is 44.1 Å². The van der Waals surface area contributed by atoms with Crippen molar-refractivity contribution in [2.45, 2.75) is 24.8 Å². The Hall–Kier alpha value is -2.75. The molecule has 1 heterocycles. The summed E-state index contributed by atoms with van der Waals surface area (Å²) in [5, 5.41) is 3.21. The lowest BCUT2D eigenvalue weighted by atomic mass is 10.2. The summed E-state index contributed by atoms with van der Waals surface area (Å²) in [6.07, 6.45) is 5.86. The van der Waals surface area contributed by atoms with E-state index in [4.69, 9.17) is 27.9 Å². The second kappa shape index (κ2) is 10.9. The van der Waals surface area contributed by atoms with Gasteiger partial charge in [-0.25, -0.2) is 13.4 Å². The van der Waals surface area contributed by atoms with Crippen molar-refractivity contribution in [1.29, 1.82) is 0 Å². The molecule has 3 aromatic rings. The second-order valence-corrected chi connectivity index (χ2v) is 9.91. The molecule has 3 rings (SSSR count). The standard InChI is InChI=1S/C22H24Cl2N4O4S/c1-16-4-7-20(32-2)21(12-16)33(30,31)28(17-5-6-18(23)19(24)13-17)14-22(29)26-8-3-10-27-11-9-25-15-27/h4-7,9,11-13,15H,3,8,10,14H2,1-2H3,(H,26,29). The van der Waals surface area contributed by atoms with Crippen molar-refractivity contribution in [2.75, 3.05) is 24.5 Å². The number of anilines is 1. The van der Waals surface area contributed by atoms with E-state index < -0.39 is 22.5 Å². The van der Waals surface area contributed by atoms with E-state index in [2.05, 4.69) is 10.3 Å². The maximum atomic E-state index is 13.7. The lowest BCUT2D eigenvalue weighted by molar-refractivity contribution is -0.119. The van der Waals surface area contributed by atoms with Crippen LogP contribution in [0.15, 0.2) is 60.0 Å². The van der Waals surface area contributed by atoms with E-state index in [-0.39, 0.29) is 26.4 Å². The van der Waals surface area contributed by atoms with Crippen LogP contribution in [0.1, 0.15) is 12.0 Å². The Kier molecular flexibility index (Phi) is 8.23. The summed E-state index contributed by atoms with van der Waals surface area (Å²) >= 11 is 12.2. The number of imidazole rings is 1. The molecule has 33 heavy (non-hydrogen) atoms. The van der Waals surface area contributed by atoms with Crippen molar-refractivity contribution in [2.24, 2.45) is 0 Å². The fraction of sp³-hybridized carbons (Fsp3) is 0.273. The molecule has 176 valence electrons. The number of hydrogen-bond acceptors (Lipinski definition) is 5. The number of halogens is 2. The quantitative estimate of drug-likeness (QED) is 0.417.